The molecule has 0 radical (unpaired) electrons. The average molecular weight is 239 g/mol. The zero-order valence-electron chi connectivity index (χ0n) is 6.34. The van der Waals surface area contributed by atoms with Crippen molar-refractivity contribution in [3.63, 3.8) is 0 Å². The van der Waals surface area contributed by atoms with Crippen molar-refractivity contribution >= 4 is 33.7 Å². The number of hydrogen-bond donors (Lipinski definition) is 1. The van der Waals surface area contributed by atoms with Crippen molar-refractivity contribution in [3.8, 4) is 0 Å². The van der Waals surface area contributed by atoms with Crippen molar-refractivity contribution in [1.82, 2.24) is 0 Å². The second-order valence-electron chi connectivity index (χ2n) is 2.06. The third-order valence-electron chi connectivity index (χ3n) is 1.09. The van der Waals surface area contributed by atoms with Crippen LogP contribution in [0.3, 0.4) is 0 Å². The number of carbonyl (C=O) groups is 1. The first kappa shape index (κ1) is 11.0. The van der Waals surface area contributed by atoms with Crippen LogP contribution in [-0.2, 0) is 4.79 Å². The third-order valence-corrected chi connectivity index (χ3v) is 3.19. The van der Waals surface area contributed by atoms with Gasteiger partial charge in [0.05, 0.1) is 0 Å². The number of carboxylic acids is 1. The Morgan fingerprint density at radius 2 is 2.36 bits per heavy atom. The average Bonchev–Trinajstić information content (AvgIpc) is 1.87. The summed E-state index contributed by atoms with van der Waals surface area (Å²) in [6.07, 6.45) is 0.653. The largest absolute Gasteiger partial charge is 0.480 e. The van der Waals surface area contributed by atoms with E-state index in [2.05, 4.69) is 22.5 Å². The molecule has 0 amide bonds. The first-order valence-electron chi connectivity index (χ1n) is 3.25. The lowest BCUT2D eigenvalue weighted by atomic mass is 10.3. The molecule has 1 atom stereocenters. The lowest BCUT2D eigenvalue weighted by Crippen LogP contribution is -2.15. The van der Waals surface area contributed by atoms with Gasteiger partial charge in [0.15, 0.2) is 0 Å². The van der Waals surface area contributed by atoms with Crippen LogP contribution in [0.1, 0.15) is 13.3 Å². The van der Waals surface area contributed by atoms with E-state index >= 15 is 0 Å². The Morgan fingerprint density at radius 1 is 1.82 bits per heavy atom. The first-order chi connectivity index (χ1) is 5.07. The van der Waals surface area contributed by atoms with Gasteiger partial charge in [0.25, 0.3) is 0 Å². The van der Waals surface area contributed by atoms with Gasteiger partial charge in [-0.05, 0) is 10.9 Å². The predicted octanol–water partition coefficient (Wildman–Crippen LogP) is 2.49. The molecular weight excluding hydrogens is 228 g/mol. The first-order valence-corrected chi connectivity index (χ1v) is 5.09. The Labute approximate surface area is 79.2 Å². The summed E-state index contributed by atoms with van der Waals surface area (Å²) < 4.78 is 0.835. The number of rotatable bonds is 5. The predicted molar refractivity (Wildman–Crippen MR) is 52.2 cm³/mol. The van der Waals surface area contributed by atoms with Crippen LogP contribution in [0.5, 0.6) is 0 Å². The van der Waals surface area contributed by atoms with Crippen LogP contribution in [0.15, 0.2) is 11.1 Å². The molecule has 0 aliphatic heterocycles. The van der Waals surface area contributed by atoms with Crippen LogP contribution in [0, 0.1) is 0 Å². The minimum atomic E-state index is -0.744. The van der Waals surface area contributed by atoms with E-state index < -0.39 is 5.97 Å². The lowest BCUT2D eigenvalue weighted by Gasteiger charge is -2.07. The second-order valence-corrected chi connectivity index (χ2v) is 4.38. The Balaban J connectivity index is 3.70. The maximum absolute atomic E-state index is 10.5. The maximum Gasteiger partial charge on any atom is 0.316 e. The van der Waals surface area contributed by atoms with Gasteiger partial charge >= 0.3 is 5.97 Å². The normalized spacial score (nSPS) is 12.5. The van der Waals surface area contributed by atoms with Crippen LogP contribution in [0.2, 0.25) is 0 Å². The summed E-state index contributed by atoms with van der Waals surface area (Å²) in [5.74, 6) is -0.0867. The van der Waals surface area contributed by atoms with E-state index in [1.165, 1.54) is 11.8 Å². The van der Waals surface area contributed by atoms with Gasteiger partial charge in [0.2, 0.25) is 0 Å². The van der Waals surface area contributed by atoms with E-state index in [1.807, 2.05) is 6.92 Å². The van der Waals surface area contributed by atoms with Crippen LogP contribution >= 0.6 is 27.7 Å². The monoisotopic (exact) mass is 238 g/mol. The van der Waals surface area contributed by atoms with E-state index in [0.717, 1.165) is 4.48 Å². The molecule has 0 aromatic carbocycles. The fraction of sp³-hybridized carbons (Fsp3) is 0.571. The van der Waals surface area contributed by atoms with Gasteiger partial charge in [-0.15, -0.1) is 11.8 Å². The van der Waals surface area contributed by atoms with Crippen LogP contribution < -0.4 is 0 Å². The molecule has 11 heavy (non-hydrogen) atoms. The Morgan fingerprint density at radius 3 is 2.64 bits per heavy atom. The minimum absolute atomic E-state index is 0.302. The summed E-state index contributed by atoms with van der Waals surface area (Å²) in [4.78, 5) is 10.5. The fourth-order valence-electron chi connectivity index (χ4n) is 0.555. The van der Waals surface area contributed by atoms with Crippen molar-refractivity contribution < 1.29 is 9.90 Å². The molecule has 1 unspecified atom stereocenters. The molecule has 0 aromatic heterocycles. The topological polar surface area (TPSA) is 37.3 Å². The molecule has 0 heterocycles. The molecule has 64 valence electrons. The molecular formula is C7H11BrO2S. The molecule has 0 aliphatic rings. The Hall–Kier alpha value is 0.0400. The molecule has 0 spiro atoms. The fourth-order valence-corrected chi connectivity index (χ4v) is 1.71. The highest BCUT2D eigenvalue weighted by atomic mass is 79.9. The van der Waals surface area contributed by atoms with Crippen molar-refractivity contribution in [3.05, 3.63) is 11.1 Å². The Kier molecular flexibility index (Phi) is 5.68. The van der Waals surface area contributed by atoms with E-state index in [4.69, 9.17) is 5.11 Å². The molecule has 0 rings (SSSR count). The number of thioether (sulfide) groups is 1. The highest BCUT2D eigenvalue weighted by molar-refractivity contribution is 9.11. The molecule has 1 N–H and O–H groups in total. The second kappa shape index (κ2) is 5.66. The van der Waals surface area contributed by atoms with Gasteiger partial charge < -0.3 is 5.11 Å². The summed E-state index contributed by atoms with van der Waals surface area (Å²) in [5, 5.41) is 8.32. The number of carboxylic acid groups (broad SMARTS) is 1. The van der Waals surface area contributed by atoms with Crippen molar-refractivity contribution in [1.29, 1.82) is 0 Å². The summed E-state index contributed by atoms with van der Waals surface area (Å²) in [7, 11) is 0. The third kappa shape index (κ3) is 5.32. The summed E-state index contributed by atoms with van der Waals surface area (Å²) in [6, 6.07) is 0. The number of hydrogen-bond acceptors (Lipinski definition) is 2. The highest BCUT2D eigenvalue weighted by Crippen LogP contribution is 2.19. The van der Waals surface area contributed by atoms with E-state index in [0.29, 0.717) is 12.2 Å². The van der Waals surface area contributed by atoms with E-state index in [1.54, 1.807) is 0 Å². The molecule has 0 fully saturated rings. The minimum Gasteiger partial charge on any atom is -0.480 e. The molecule has 0 saturated heterocycles. The lowest BCUT2D eigenvalue weighted by molar-refractivity contribution is -0.136. The molecule has 0 saturated carbocycles. The number of halogens is 1. The smallest absolute Gasteiger partial charge is 0.316 e. The summed E-state index contributed by atoms with van der Waals surface area (Å²) in [6.45, 7) is 5.49. The molecule has 0 bridgehead atoms. The molecule has 2 nitrogen and oxygen atoms in total. The van der Waals surface area contributed by atoms with Crippen molar-refractivity contribution in [2.45, 2.75) is 18.6 Å². The summed E-state index contributed by atoms with van der Waals surface area (Å²) in [5.41, 5.74) is 0. The van der Waals surface area contributed by atoms with Crippen molar-refractivity contribution in [2.75, 3.05) is 5.75 Å². The number of aliphatic carboxylic acids is 1. The van der Waals surface area contributed by atoms with Crippen LogP contribution in [-0.4, -0.2) is 22.1 Å². The summed E-state index contributed by atoms with van der Waals surface area (Å²) >= 11 is 4.56. The quantitative estimate of drug-likeness (QED) is 0.800. The van der Waals surface area contributed by atoms with E-state index in [9.17, 15) is 4.79 Å². The zero-order chi connectivity index (χ0) is 8.85. The van der Waals surface area contributed by atoms with E-state index in [-0.39, 0.29) is 5.25 Å². The van der Waals surface area contributed by atoms with Gasteiger partial charge in [-0.1, -0.05) is 29.4 Å². The van der Waals surface area contributed by atoms with Gasteiger partial charge in [-0.3, -0.25) is 4.79 Å². The molecule has 4 heteroatoms. The van der Waals surface area contributed by atoms with Crippen LogP contribution in [0.4, 0.5) is 0 Å². The Bertz CT molecular complexity index is 159. The van der Waals surface area contributed by atoms with Gasteiger partial charge in [0.1, 0.15) is 5.25 Å². The van der Waals surface area contributed by atoms with Crippen LogP contribution in [0.25, 0.3) is 0 Å². The van der Waals surface area contributed by atoms with Gasteiger partial charge in [-0.25, -0.2) is 0 Å². The van der Waals surface area contributed by atoms with Gasteiger partial charge in [-0.2, -0.15) is 0 Å². The molecule has 0 aliphatic carbocycles. The highest BCUT2D eigenvalue weighted by Gasteiger charge is 2.14. The SMILES string of the molecule is C=C(Br)CSC(CC)C(=O)O. The maximum atomic E-state index is 10.5. The van der Waals surface area contributed by atoms with Crippen molar-refractivity contribution in [2.24, 2.45) is 0 Å². The standard InChI is InChI=1S/C7H11BrO2S/c1-3-6(7(9)10)11-4-5(2)8/h6H,2-4H2,1H3,(H,9,10). The van der Waals surface area contributed by atoms with Gasteiger partial charge in [0, 0.05) is 5.75 Å². The zero-order valence-corrected chi connectivity index (χ0v) is 8.74. The molecule has 0 aromatic rings.